The standard InChI is InChI=1S/C8H20N.C3H3NO2/c1-5-9(6-2,7-3)8-4;4-2-1-3(5)6/h5-8H2,1-4H3;1H2,(H,5,6)/q+1;/p-1. The normalized spacial score (nSPS) is 9.80. The van der Waals surface area contributed by atoms with Gasteiger partial charge in [-0.2, -0.15) is 5.26 Å². The molecular formula is C11H22N2O2. The number of hydrogen-bond acceptors (Lipinski definition) is 3. The van der Waals surface area contributed by atoms with Gasteiger partial charge in [0.1, 0.15) is 0 Å². The Morgan fingerprint density at radius 3 is 1.47 bits per heavy atom. The van der Waals surface area contributed by atoms with Crippen LogP contribution in [-0.2, 0) is 4.79 Å². The molecule has 0 atom stereocenters. The molecule has 0 radical (unpaired) electrons. The number of carboxylic acids is 1. The van der Waals surface area contributed by atoms with Gasteiger partial charge in [0.2, 0.25) is 0 Å². The molecule has 0 fully saturated rings. The van der Waals surface area contributed by atoms with E-state index >= 15 is 0 Å². The van der Waals surface area contributed by atoms with Crippen LogP contribution in [0.25, 0.3) is 0 Å². The van der Waals surface area contributed by atoms with Crippen LogP contribution < -0.4 is 5.11 Å². The fourth-order valence-corrected chi connectivity index (χ4v) is 1.41. The first-order valence-electron chi connectivity index (χ1n) is 5.43. The topological polar surface area (TPSA) is 63.9 Å². The lowest BCUT2D eigenvalue weighted by Crippen LogP contribution is -2.47. The molecule has 0 N–H and O–H groups in total. The first kappa shape index (κ1) is 16.4. The van der Waals surface area contributed by atoms with Crippen LogP contribution in [0.1, 0.15) is 34.1 Å². The van der Waals surface area contributed by atoms with Crippen molar-refractivity contribution in [3.05, 3.63) is 0 Å². The quantitative estimate of drug-likeness (QED) is 0.627. The van der Waals surface area contributed by atoms with E-state index in [2.05, 4.69) is 27.7 Å². The third-order valence-corrected chi connectivity index (χ3v) is 2.91. The minimum atomic E-state index is -1.32. The summed E-state index contributed by atoms with van der Waals surface area (Å²) in [5, 5.41) is 16.8. The van der Waals surface area contributed by atoms with Crippen LogP contribution in [0.15, 0.2) is 0 Å². The van der Waals surface area contributed by atoms with Gasteiger partial charge in [-0.05, 0) is 27.7 Å². The van der Waals surface area contributed by atoms with E-state index in [1.807, 2.05) is 0 Å². The highest BCUT2D eigenvalue weighted by Gasteiger charge is 2.16. The summed E-state index contributed by atoms with van der Waals surface area (Å²) in [4.78, 5) is 9.27. The number of rotatable bonds is 5. The highest BCUT2D eigenvalue weighted by molar-refractivity contribution is 5.66. The summed E-state index contributed by atoms with van der Waals surface area (Å²) in [5.74, 6) is -1.32. The summed E-state index contributed by atoms with van der Waals surface area (Å²) < 4.78 is 1.28. The Hall–Kier alpha value is -1.08. The molecule has 0 aliphatic rings. The lowest BCUT2D eigenvalue weighted by molar-refractivity contribution is -0.921. The average molecular weight is 214 g/mol. The van der Waals surface area contributed by atoms with Crippen LogP contribution in [0, 0.1) is 11.3 Å². The molecule has 0 spiro atoms. The average Bonchev–Trinajstić information content (AvgIpc) is 2.23. The maximum Gasteiger partial charge on any atom is 0.0757 e. The third-order valence-electron chi connectivity index (χ3n) is 2.91. The second kappa shape index (κ2) is 9.47. The zero-order chi connectivity index (χ0) is 12.3. The SMILES string of the molecule is CC[N+](CC)(CC)CC.N#CCC(=O)[O-]. The maximum atomic E-state index is 9.27. The first-order chi connectivity index (χ1) is 7.01. The number of nitriles is 1. The fourth-order valence-electron chi connectivity index (χ4n) is 1.41. The molecule has 0 bridgehead atoms. The van der Waals surface area contributed by atoms with Gasteiger partial charge in [-0.25, -0.2) is 0 Å². The molecule has 4 nitrogen and oxygen atoms in total. The molecule has 0 saturated carbocycles. The molecule has 0 amide bonds. The fraction of sp³-hybridized carbons (Fsp3) is 0.818. The number of carbonyl (C=O) groups excluding carboxylic acids is 1. The molecule has 0 aromatic carbocycles. The van der Waals surface area contributed by atoms with Crippen molar-refractivity contribution in [3.63, 3.8) is 0 Å². The molecular weight excluding hydrogens is 192 g/mol. The third kappa shape index (κ3) is 7.95. The van der Waals surface area contributed by atoms with E-state index in [4.69, 9.17) is 5.26 Å². The molecule has 0 aliphatic heterocycles. The Kier molecular flexibility index (Phi) is 10.3. The van der Waals surface area contributed by atoms with Crippen LogP contribution in [0.4, 0.5) is 0 Å². The molecule has 0 aromatic heterocycles. The van der Waals surface area contributed by atoms with E-state index in [1.165, 1.54) is 36.7 Å². The molecule has 0 saturated heterocycles. The van der Waals surface area contributed by atoms with Gasteiger partial charge in [-0.15, -0.1) is 0 Å². The molecule has 0 aromatic rings. The molecule has 88 valence electrons. The summed E-state index contributed by atoms with van der Waals surface area (Å²) in [7, 11) is 0. The van der Waals surface area contributed by atoms with Crippen molar-refractivity contribution in [1.82, 2.24) is 0 Å². The monoisotopic (exact) mass is 214 g/mol. The molecule has 0 aliphatic carbocycles. The van der Waals surface area contributed by atoms with Crippen LogP contribution >= 0.6 is 0 Å². The van der Waals surface area contributed by atoms with Crippen molar-refractivity contribution < 1.29 is 14.4 Å². The van der Waals surface area contributed by atoms with Crippen LogP contribution in [0.5, 0.6) is 0 Å². The minimum Gasteiger partial charge on any atom is -0.549 e. The Morgan fingerprint density at radius 1 is 1.13 bits per heavy atom. The molecule has 0 heterocycles. The number of carboxylic acid groups (broad SMARTS) is 1. The van der Waals surface area contributed by atoms with Gasteiger partial charge in [-0.1, -0.05) is 0 Å². The van der Waals surface area contributed by atoms with Crippen LogP contribution in [-0.4, -0.2) is 36.6 Å². The van der Waals surface area contributed by atoms with Gasteiger partial charge in [0.15, 0.2) is 0 Å². The lowest BCUT2D eigenvalue weighted by atomic mass is 10.3. The Morgan fingerprint density at radius 2 is 1.47 bits per heavy atom. The molecule has 0 rings (SSSR count). The van der Waals surface area contributed by atoms with E-state index in [9.17, 15) is 9.90 Å². The van der Waals surface area contributed by atoms with Crippen LogP contribution in [0.3, 0.4) is 0 Å². The Bertz CT molecular complexity index is 188. The summed E-state index contributed by atoms with van der Waals surface area (Å²) in [6.45, 7) is 14.2. The predicted molar refractivity (Wildman–Crippen MR) is 57.7 cm³/mol. The van der Waals surface area contributed by atoms with E-state index < -0.39 is 12.4 Å². The van der Waals surface area contributed by atoms with Crippen molar-refractivity contribution in [3.8, 4) is 6.07 Å². The summed E-state index contributed by atoms with van der Waals surface area (Å²) >= 11 is 0. The minimum absolute atomic E-state index is 0.514. The first-order valence-corrected chi connectivity index (χ1v) is 5.43. The zero-order valence-electron chi connectivity index (χ0n) is 10.2. The van der Waals surface area contributed by atoms with Gasteiger partial charge in [0, 0.05) is 0 Å². The Labute approximate surface area is 92.7 Å². The van der Waals surface area contributed by atoms with E-state index in [-0.39, 0.29) is 0 Å². The second-order valence-corrected chi connectivity index (χ2v) is 3.31. The second-order valence-electron chi connectivity index (χ2n) is 3.31. The van der Waals surface area contributed by atoms with Crippen LogP contribution in [0.2, 0.25) is 0 Å². The number of aliphatic carboxylic acids is 1. The van der Waals surface area contributed by atoms with Gasteiger partial charge in [0.05, 0.1) is 44.6 Å². The van der Waals surface area contributed by atoms with E-state index in [0.717, 1.165) is 0 Å². The zero-order valence-corrected chi connectivity index (χ0v) is 10.2. The van der Waals surface area contributed by atoms with Crippen molar-refractivity contribution in [1.29, 1.82) is 5.26 Å². The molecule has 4 heteroatoms. The number of carbonyl (C=O) groups is 1. The summed E-state index contributed by atoms with van der Waals surface area (Å²) in [6, 6.07) is 1.41. The number of quaternary nitrogens is 1. The molecule has 15 heavy (non-hydrogen) atoms. The van der Waals surface area contributed by atoms with Gasteiger partial charge >= 0.3 is 0 Å². The highest BCUT2D eigenvalue weighted by Crippen LogP contribution is 2.03. The van der Waals surface area contributed by atoms with Gasteiger partial charge in [-0.3, -0.25) is 0 Å². The van der Waals surface area contributed by atoms with Crippen molar-refractivity contribution in [2.24, 2.45) is 0 Å². The number of nitrogens with zero attached hydrogens (tertiary/aromatic N) is 2. The lowest BCUT2D eigenvalue weighted by Gasteiger charge is -2.34. The number of hydrogen-bond donors (Lipinski definition) is 0. The van der Waals surface area contributed by atoms with Gasteiger partial charge in [0.25, 0.3) is 0 Å². The highest BCUT2D eigenvalue weighted by atomic mass is 16.4. The van der Waals surface area contributed by atoms with E-state index in [1.54, 1.807) is 0 Å². The maximum absolute atomic E-state index is 9.27. The predicted octanol–water partition coefficient (Wildman–Crippen LogP) is 0.533. The van der Waals surface area contributed by atoms with Gasteiger partial charge < -0.3 is 14.4 Å². The van der Waals surface area contributed by atoms with Crippen molar-refractivity contribution in [2.45, 2.75) is 34.1 Å². The largest absolute Gasteiger partial charge is 0.549 e. The summed E-state index contributed by atoms with van der Waals surface area (Å²) in [6.07, 6.45) is -0.514. The van der Waals surface area contributed by atoms with Crippen molar-refractivity contribution in [2.75, 3.05) is 26.2 Å². The molecule has 0 unspecified atom stereocenters. The smallest absolute Gasteiger partial charge is 0.0757 e. The summed E-state index contributed by atoms with van der Waals surface area (Å²) in [5.41, 5.74) is 0. The van der Waals surface area contributed by atoms with Crippen molar-refractivity contribution >= 4 is 5.97 Å². The Balaban J connectivity index is 0. The van der Waals surface area contributed by atoms with E-state index in [0.29, 0.717) is 0 Å².